The Morgan fingerprint density at radius 2 is 2.04 bits per heavy atom. The summed E-state index contributed by atoms with van der Waals surface area (Å²) in [5, 5.41) is 40.0. The molecule has 0 unspecified atom stereocenters. The van der Waals surface area contributed by atoms with Gasteiger partial charge in [0.2, 0.25) is 11.8 Å². The normalized spacial score (nSPS) is 13.0. The van der Waals surface area contributed by atoms with Crippen molar-refractivity contribution >= 4 is 17.3 Å². The molecule has 0 saturated carbocycles. The Kier molecular flexibility index (Phi) is 5.49. The Balaban J connectivity index is 1.92. The van der Waals surface area contributed by atoms with E-state index in [9.17, 15) is 14.6 Å². The lowest BCUT2D eigenvalue weighted by molar-refractivity contribution is 0.159. The molecule has 0 spiro atoms. The third-order valence-electron chi connectivity index (χ3n) is 4.20. The number of halogens is 2. The van der Waals surface area contributed by atoms with Crippen LogP contribution in [0.4, 0.5) is 10.1 Å². The first-order chi connectivity index (χ1) is 13.3. The molecule has 0 bridgehead atoms. The lowest BCUT2D eigenvalue weighted by atomic mass is 10.1. The van der Waals surface area contributed by atoms with E-state index in [1.165, 1.54) is 12.1 Å². The average Bonchev–Trinajstić information content (AvgIpc) is 3.14. The first-order valence-electron chi connectivity index (χ1n) is 8.28. The second-order valence-corrected chi connectivity index (χ2v) is 6.56. The molecule has 0 fully saturated rings. The Hall–Kier alpha value is -3.15. The number of aromatic nitrogens is 2. The predicted molar refractivity (Wildman–Crippen MR) is 100 cm³/mol. The number of nitriles is 1. The highest BCUT2D eigenvalue weighted by Gasteiger charge is 2.25. The number of anilines is 1. The number of hydrogen-bond donors (Lipinski definition) is 3. The number of hydrogen-bond acceptors (Lipinski definition) is 7. The van der Waals surface area contributed by atoms with E-state index in [4.69, 9.17) is 21.3 Å². The van der Waals surface area contributed by atoms with Crippen LogP contribution >= 0.6 is 11.6 Å². The summed E-state index contributed by atoms with van der Waals surface area (Å²) in [6.07, 6.45) is -0.913. The Morgan fingerprint density at radius 3 is 2.68 bits per heavy atom. The molecule has 0 aliphatic heterocycles. The fourth-order valence-electron chi connectivity index (χ4n) is 2.61. The van der Waals surface area contributed by atoms with Gasteiger partial charge < -0.3 is 19.9 Å². The van der Waals surface area contributed by atoms with Crippen LogP contribution in [-0.4, -0.2) is 26.5 Å². The molecule has 7 nitrogen and oxygen atoms in total. The van der Waals surface area contributed by atoms with E-state index in [1.54, 1.807) is 26.0 Å². The highest BCUT2D eigenvalue weighted by atomic mass is 35.5. The van der Waals surface area contributed by atoms with Gasteiger partial charge in [0.15, 0.2) is 11.6 Å². The first kappa shape index (κ1) is 19.6. The van der Waals surface area contributed by atoms with Crippen LogP contribution < -0.4 is 5.32 Å². The quantitative estimate of drug-likeness (QED) is 0.591. The molecule has 0 saturated heterocycles. The molecule has 0 aliphatic rings. The van der Waals surface area contributed by atoms with Crippen LogP contribution in [0.2, 0.25) is 5.02 Å². The van der Waals surface area contributed by atoms with E-state index in [-0.39, 0.29) is 11.8 Å². The second kappa shape index (κ2) is 7.84. The number of nitrogens with zero attached hydrogens (tertiary/aromatic N) is 3. The highest BCUT2D eigenvalue weighted by Crippen LogP contribution is 2.32. The summed E-state index contributed by atoms with van der Waals surface area (Å²) in [6, 6.07) is 8.12. The first-order valence-corrected chi connectivity index (χ1v) is 8.65. The van der Waals surface area contributed by atoms with Crippen molar-refractivity contribution in [3.8, 4) is 23.3 Å². The zero-order chi connectivity index (χ0) is 20.4. The lowest BCUT2D eigenvalue weighted by Crippen LogP contribution is -2.23. The fourth-order valence-corrected chi connectivity index (χ4v) is 2.81. The molecule has 0 aliphatic carbocycles. The van der Waals surface area contributed by atoms with Gasteiger partial charge >= 0.3 is 0 Å². The van der Waals surface area contributed by atoms with Gasteiger partial charge in [0.25, 0.3) is 0 Å². The third-order valence-corrected chi connectivity index (χ3v) is 4.69. The maximum Gasteiger partial charge on any atom is 0.248 e. The van der Waals surface area contributed by atoms with E-state index in [0.29, 0.717) is 27.4 Å². The second-order valence-electron chi connectivity index (χ2n) is 6.19. The summed E-state index contributed by atoms with van der Waals surface area (Å²) in [5.74, 6) is -1.15. The molecule has 144 valence electrons. The molecule has 28 heavy (non-hydrogen) atoms. The van der Waals surface area contributed by atoms with Gasteiger partial charge in [0, 0.05) is 11.3 Å². The SMILES string of the molecule is Cc1c(N[C@@H](c2nnc(-c3ccc(F)c(O)c3)o2)[C@@H](C)O)ccc(C#N)c1Cl. The van der Waals surface area contributed by atoms with Crippen LogP contribution in [0.3, 0.4) is 0 Å². The number of phenols is 1. The van der Waals surface area contributed by atoms with Crippen molar-refractivity contribution in [1.82, 2.24) is 10.2 Å². The number of rotatable bonds is 5. The van der Waals surface area contributed by atoms with Crippen molar-refractivity contribution in [2.45, 2.75) is 26.0 Å². The zero-order valence-electron chi connectivity index (χ0n) is 14.9. The Morgan fingerprint density at radius 1 is 1.29 bits per heavy atom. The lowest BCUT2D eigenvalue weighted by Gasteiger charge is -2.21. The maximum atomic E-state index is 13.2. The summed E-state index contributed by atoms with van der Waals surface area (Å²) < 4.78 is 18.8. The van der Waals surface area contributed by atoms with Gasteiger partial charge in [-0.1, -0.05) is 11.6 Å². The van der Waals surface area contributed by atoms with Crippen molar-refractivity contribution in [3.05, 3.63) is 58.2 Å². The van der Waals surface area contributed by atoms with Crippen molar-refractivity contribution in [2.24, 2.45) is 0 Å². The van der Waals surface area contributed by atoms with Crippen LogP contribution in [0.1, 0.15) is 30.0 Å². The van der Waals surface area contributed by atoms with E-state index in [1.807, 2.05) is 6.07 Å². The standard InChI is InChI=1S/C19H16ClFN4O3/c1-9-14(6-4-12(8-22)16(9)20)23-17(10(2)26)19-25-24-18(28-19)11-3-5-13(21)15(27)7-11/h3-7,10,17,23,26-27H,1-2H3/t10-,17-/m1/s1. The monoisotopic (exact) mass is 402 g/mol. The maximum absolute atomic E-state index is 13.2. The van der Waals surface area contributed by atoms with Crippen LogP contribution in [0.25, 0.3) is 11.5 Å². The molecular weight excluding hydrogens is 387 g/mol. The van der Waals surface area contributed by atoms with Gasteiger partial charge in [0.1, 0.15) is 12.1 Å². The minimum atomic E-state index is -0.913. The fraction of sp³-hybridized carbons (Fsp3) is 0.211. The summed E-state index contributed by atoms with van der Waals surface area (Å²) in [6.45, 7) is 3.29. The number of aromatic hydroxyl groups is 1. The largest absolute Gasteiger partial charge is 0.505 e. The molecule has 0 radical (unpaired) electrons. The van der Waals surface area contributed by atoms with Crippen LogP contribution in [0, 0.1) is 24.1 Å². The van der Waals surface area contributed by atoms with Crippen molar-refractivity contribution in [1.29, 1.82) is 5.26 Å². The summed E-state index contributed by atoms with van der Waals surface area (Å²) in [4.78, 5) is 0. The molecular formula is C19H16ClFN4O3. The van der Waals surface area contributed by atoms with E-state index < -0.39 is 23.7 Å². The molecule has 3 rings (SSSR count). The molecule has 1 aromatic heterocycles. The topological polar surface area (TPSA) is 115 Å². The Bertz CT molecular complexity index is 1060. The van der Waals surface area contributed by atoms with Gasteiger partial charge in [-0.25, -0.2) is 4.39 Å². The van der Waals surface area contributed by atoms with E-state index >= 15 is 0 Å². The number of benzene rings is 2. The van der Waals surface area contributed by atoms with Gasteiger partial charge in [-0.15, -0.1) is 10.2 Å². The van der Waals surface area contributed by atoms with Gasteiger partial charge in [0.05, 0.1) is 16.7 Å². The van der Waals surface area contributed by atoms with Crippen LogP contribution in [0.5, 0.6) is 5.75 Å². The van der Waals surface area contributed by atoms with E-state index in [2.05, 4.69) is 15.5 Å². The molecule has 2 aromatic carbocycles. The summed E-state index contributed by atoms with van der Waals surface area (Å²) in [5.41, 5.74) is 1.90. The minimum absolute atomic E-state index is 0.0623. The molecule has 9 heteroatoms. The predicted octanol–water partition coefficient (Wildman–Crippen LogP) is 3.95. The zero-order valence-corrected chi connectivity index (χ0v) is 15.7. The third kappa shape index (κ3) is 3.76. The van der Waals surface area contributed by atoms with E-state index in [0.717, 1.165) is 6.07 Å². The molecule has 0 amide bonds. The van der Waals surface area contributed by atoms with Crippen molar-refractivity contribution < 1.29 is 19.0 Å². The van der Waals surface area contributed by atoms with Crippen LogP contribution in [-0.2, 0) is 0 Å². The molecule has 3 N–H and O–H groups in total. The smallest absolute Gasteiger partial charge is 0.248 e. The highest BCUT2D eigenvalue weighted by molar-refractivity contribution is 6.32. The van der Waals surface area contributed by atoms with Gasteiger partial charge in [-0.2, -0.15) is 5.26 Å². The molecule has 1 heterocycles. The molecule has 2 atom stereocenters. The molecule has 3 aromatic rings. The Labute approximate surface area is 165 Å². The summed E-state index contributed by atoms with van der Waals surface area (Å²) >= 11 is 6.19. The average molecular weight is 403 g/mol. The van der Waals surface area contributed by atoms with Gasteiger partial charge in [-0.3, -0.25) is 0 Å². The number of phenolic OH excluding ortho intramolecular Hbond substituents is 1. The van der Waals surface area contributed by atoms with Gasteiger partial charge in [-0.05, 0) is 49.7 Å². The number of nitrogens with one attached hydrogen (secondary N) is 1. The number of aliphatic hydroxyl groups is 1. The summed E-state index contributed by atoms with van der Waals surface area (Å²) in [7, 11) is 0. The van der Waals surface area contributed by atoms with Crippen LogP contribution in [0.15, 0.2) is 34.7 Å². The number of aliphatic hydroxyl groups excluding tert-OH is 1. The minimum Gasteiger partial charge on any atom is -0.505 e. The van der Waals surface area contributed by atoms with Crippen molar-refractivity contribution in [2.75, 3.05) is 5.32 Å². The van der Waals surface area contributed by atoms with Crippen molar-refractivity contribution in [3.63, 3.8) is 0 Å².